The first-order valence-electron chi connectivity index (χ1n) is 5.69. The molecule has 1 atom stereocenters. The van der Waals surface area contributed by atoms with Crippen molar-refractivity contribution in [3.63, 3.8) is 0 Å². The molecule has 0 amide bonds. The van der Waals surface area contributed by atoms with Crippen molar-refractivity contribution in [1.29, 1.82) is 0 Å². The molecule has 3 nitrogen and oxygen atoms in total. The highest BCUT2D eigenvalue weighted by atomic mass is 79.9. The van der Waals surface area contributed by atoms with Gasteiger partial charge in [-0.15, -0.1) is 0 Å². The second kappa shape index (κ2) is 5.16. The molecule has 2 rings (SSSR count). The summed E-state index contributed by atoms with van der Waals surface area (Å²) in [5.74, 6) is 1.51. The Hall–Kier alpha value is -1.26. The topological polar surface area (TPSA) is 48.4 Å². The highest BCUT2D eigenvalue weighted by Crippen LogP contribution is 2.33. The van der Waals surface area contributed by atoms with Gasteiger partial charge in [0.2, 0.25) is 0 Å². The van der Waals surface area contributed by atoms with E-state index in [4.69, 9.17) is 14.9 Å². The molecule has 1 unspecified atom stereocenters. The lowest BCUT2D eigenvalue weighted by molar-refractivity contribution is 0.400. The maximum atomic E-state index is 6.26. The van der Waals surface area contributed by atoms with E-state index in [0.717, 1.165) is 22.4 Å². The molecule has 1 aromatic heterocycles. The fraction of sp³-hybridized carbons (Fsp3) is 0.286. The molecule has 4 heteroatoms. The van der Waals surface area contributed by atoms with Crippen molar-refractivity contribution in [2.75, 3.05) is 7.11 Å². The summed E-state index contributed by atoms with van der Waals surface area (Å²) in [6, 6.07) is 7.46. The zero-order chi connectivity index (χ0) is 13.3. The molecule has 2 N–H and O–H groups in total. The molecule has 2 aromatic rings. The minimum atomic E-state index is -0.327. The lowest BCUT2D eigenvalue weighted by Crippen LogP contribution is -2.14. The van der Waals surface area contributed by atoms with Crippen LogP contribution in [0.5, 0.6) is 5.75 Å². The molecule has 0 bridgehead atoms. The number of halogens is 1. The van der Waals surface area contributed by atoms with Crippen molar-refractivity contribution in [3.05, 3.63) is 51.4 Å². The molecule has 96 valence electrons. The van der Waals surface area contributed by atoms with E-state index in [-0.39, 0.29) is 6.04 Å². The van der Waals surface area contributed by atoms with Gasteiger partial charge in [0.15, 0.2) is 4.67 Å². The number of ether oxygens (including phenoxy) is 1. The quantitative estimate of drug-likeness (QED) is 0.940. The number of methoxy groups -OCH3 is 1. The van der Waals surface area contributed by atoms with Gasteiger partial charge in [0.25, 0.3) is 0 Å². The molecule has 18 heavy (non-hydrogen) atoms. The molecule has 0 aliphatic heterocycles. The fourth-order valence-corrected chi connectivity index (χ4v) is 2.46. The normalized spacial score (nSPS) is 12.5. The highest BCUT2D eigenvalue weighted by Gasteiger charge is 2.19. The van der Waals surface area contributed by atoms with Crippen molar-refractivity contribution in [2.45, 2.75) is 19.9 Å². The Morgan fingerprint density at radius 3 is 2.56 bits per heavy atom. The fourth-order valence-electron chi connectivity index (χ4n) is 2.14. The molecule has 0 fully saturated rings. The van der Waals surface area contributed by atoms with Crippen molar-refractivity contribution in [1.82, 2.24) is 0 Å². The van der Waals surface area contributed by atoms with Gasteiger partial charge in [0.1, 0.15) is 11.5 Å². The summed E-state index contributed by atoms with van der Waals surface area (Å²) in [5.41, 5.74) is 9.48. The molecule has 0 aliphatic carbocycles. The van der Waals surface area contributed by atoms with Crippen LogP contribution in [0, 0.1) is 13.8 Å². The lowest BCUT2D eigenvalue weighted by Gasteiger charge is -2.17. The van der Waals surface area contributed by atoms with Crippen LogP contribution in [-0.4, -0.2) is 7.11 Å². The van der Waals surface area contributed by atoms with E-state index < -0.39 is 0 Å². The van der Waals surface area contributed by atoms with Gasteiger partial charge in [-0.05, 0) is 59.1 Å². The van der Waals surface area contributed by atoms with E-state index in [0.29, 0.717) is 10.4 Å². The number of aryl methyl sites for hydroxylation is 2. The second-order valence-corrected chi connectivity index (χ2v) is 5.10. The smallest absolute Gasteiger partial charge is 0.169 e. The summed E-state index contributed by atoms with van der Waals surface area (Å²) >= 11 is 3.29. The molecule has 0 aliphatic rings. The number of nitrogens with two attached hydrogens (primary N) is 1. The van der Waals surface area contributed by atoms with E-state index >= 15 is 0 Å². The molecule has 0 spiro atoms. The summed E-state index contributed by atoms with van der Waals surface area (Å²) in [7, 11) is 1.66. The largest absolute Gasteiger partial charge is 0.496 e. The molecular formula is C14H16BrNO2. The number of hydrogen-bond acceptors (Lipinski definition) is 3. The van der Waals surface area contributed by atoms with Crippen LogP contribution in [-0.2, 0) is 0 Å². The first-order valence-corrected chi connectivity index (χ1v) is 6.48. The highest BCUT2D eigenvalue weighted by molar-refractivity contribution is 9.10. The van der Waals surface area contributed by atoms with E-state index in [1.165, 1.54) is 0 Å². The van der Waals surface area contributed by atoms with Crippen LogP contribution in [0.15, 0.2) is 33.4 Å². The molecule has 1 aromatic carbocycles. The van der Waals surface area contributed by atoms with Crippen LogP contribution in [0.2, 0.25) is 0 Å². The number of rotatable bonds is 3. The van der Waals surface area contributed by atoms with Crippen molar-refractivity contribution >= 4 is 15.9 Å². The average molecular weight is 310 g/mol. The Balaban J connectivity index is 2.50. The van der Waals surface area contributed by atoms with Crippen LogP contribution >= 0.6 is 15.9 Å². The van der Waals surface area contributed by atoms with Crippen LogP contribution in [0.1, 0.15) is 28.5 Å². The lowest BCUT2D eigenvalue weighted by atomic mass is 9.97. The summed E-state index contributed by atoms with van der Waals surface area (Å²) < 4.78 is 11.6. The van der Waals surface area contributed by atoms with Crippen LogP contribution < -0.4 is 10.5 Å². The maximum absolute atomic E-state index is 6.26. The third-order valence-electron chi connectivity index (χ3n) is 2.92. The van der Waals surface area contributed by atoms with Crippen LogP contribution in [0.4, 0.5) is 0 Å². The molecular weight excluding hydrogens is 294 g/mol. The summed E-state index contributed by atoms with van der Waals surface area (Å²) in [5, 5.41) is 0. The van der Waals surface area contributed by atoms with E-state index in [1.54, 1.807) is 7.11 Å². The Morgan fingerprint density at radius 1 is 1.28 bits per heavy atom. The van der Waals surface area contributed by atoms with Crippen molar-refractivity contribution in [2.24, 2.45) is 5.73 Å². The monoisotopic (exact) mass is 309 g/mol. The zero-order valence-corrected chi connectivity index (χ0v) is 12.2. The van der Waals surface area contributed by atoms with Gasteiger partial charge in [-0.3, -0.25) is 0 Å². The summed E-state index contributed by atoms with van der Waals surface area (Å²) in [4.78, 5) is 0. The van der Waals surface area contributed by atoms with E-state index in [1.807, 2.05) is 32.0 Å². The van der Waals surface area contributed by atoms with Gasteiger partial charge in [-0.25, -0.2) is 0 Å². The minimum absolute atomic E-state index is 0.327. The number of furan rings is 1. The molecule has 0 saturated carbocycles. The Kier molecular flexibility index (Phi) is 3.78. The Morgan fingerprint density at radius 2 is 2.00 bits per heavy atom. The van der Waals surface area contributed by atoms with E-state index in [2.05, 4.69) is 22.0 Å². The predicted octanol–water partition coefficient (Wildman–Crippen LogP) is 3.72. The van der Waals surface area contributed by atoms with Gasteiger partial charge < -0.3 is 14.9 Å². The van der Waals surface area contributed by atoms with Crippen molar-refractivity contribution in [3.8, 4) is 5.75 Å². The zero-order valence-electron chi connectivity index (χ0n) is 10.7. The van der Waals surface area contributed by atoms with E-state index in [9.17, 15) is 0 Å². The van der Waals surface area contributed by atoms with Gasteiger partial charge in [-0.1, -0.05) is 6.07 Å². The predicted molar refractivity (Wildman–Crippen MR) is 74.9 cm³/mol. The van der Waals surface area contributed by atoms with Gasteiger partial charge in [0.05, 0.1) is 13.2 Å². The van der Waals surface area contributed by atoms with Crippen LogP contribution in [0.25, 0.3) is 0 Å². The Labute approximate surface area is 115 Å². The molecule has 0 saturated heterocycles. The van der Waals surface area contributed by atoms with Gasteiger partial charge in [0, 0.05) is 5.56 Å². The average Bonchev–Trinajstić information content (AvgIpc) is 2.74. The second-order valence-electron chi connectivity index (χ2n) is 4.32. The maximum Gasteiger partial charge on any atom is 0.169 e. The van der Waals surface area contributed by atoms with Gasteiger partial charge >= 0.3 is 0 Å². The summed E-state index contributed by atoms with van der Waals surface area (Å²) in [6.45, 7) is 4.07. The summed E-state index contributed by atoms with van der Waals surface area (Å²) in [6.07, 6.45) is 0. The first kappa shape index (κ1) is 13.2. The number of benzene rings is 1. The van der Waals surface area contributed by atoms with Crippen molar-refractivity contribution < 1.29 is 9.15 Å². The Bertz CT molecular complexity index is 563. The number of hydrogen-bond donors (Lipinski definition) is 1. The third-order valence-corrected chi connectivity index (χ3v) is 3.35. The molecule has 1 heterocycles. The SMILES string of the molecule is COc1cc(C)cc(C)c1C(N)c1ccc(Br)o1. The molecule has 0 radical (unpaired) electrons. The standard InChI is InChI=1S/C14H16BrNO2/c1-8-6-9(2)13(11(7-8)17-3)14(16)10-4-5-12(15)18-10/h4-7,14H,16H2,1-3H3. The van der Waals surface area contributed by atoms with Crippen LogP contribution in [0.3, 0.4) is 0 Å². The third kappa shape index (κ3) is 2.44. The first-order chi connectivity index (χ1) is 8.52. The van der Waals surface area contributed by atoms with Gasteiger partial charge in [-0.2, -0.15) is 0 Å². The minimum Gasteiger partial charge on any atom is -0.496 e.